The Morgan fingerprint density at radius 3 is 2.82 bits per heavy atom. The second kappa shape index (κ2) is 4.62. The van der Waals surface area contributed by atoms with Crippen molar-refractivity contribution in [3.63, 3.8) is 0 Å². The molecule has 2 aliphatic rings. The van der Waals surface area contributed by atoms with Gasteiger partial charge in [-0.15, -0.1) is 0 Å². The monoisotopic (exact) mass is 241 g/mol. The van der Waals surface area contributed by atoms with Crippen LogP contribution in [0.3, 0.4) is 0 Å². The minimum Gasteiger partial charge on any atom is -0.368 e. The Morgan fingerprint density at radius 1 is 1.53 bits per heavy atom. The maximum Gasteiger partial charge on any atom is 0.249 e. The molecule has 6 nitrogen and oxygen atoms in total. The van der Waals surface area contributed by atoms with Crippen LogP contribution in [-0.2, 0) is 14.3 Å². The molecular formula is C11H19N3O3. The molecule has 0 aromatic rings. The second-order valence-corrected chi connectivity index (χ2v) is 4.95. The molecule has 17 heavy (non-hydrogen) atoms. The summed E-state index contributed by atoms with van der Waals surface area (Å²) in [5.41, 5.74) is 5.18. The average Bonchev–Trinajstić information content (AvgIpc) is 2.66. The Kier molecular flexibility index (Phi) is 3.35. The molecule has 2 aliphatic heterocycles. The van der Waals surface area contributed by atoms with E-state index in [1.54, 1.807) is 4.90 Å². The molecule has 0 radical (unpaired) electrons. The first kappa shape index (κ1) is 12.3. The molecule has 2 heterocycles. The molecule has 6 heteroatoms. The molecule has 2 fully saturated rings. The van der Waals surface area contributed by atoms with E-state index in [1.165, 1.54) is 0 Å². The third-order valence-electron chi connectivity index (χ3n) is 3.46. The van der Waals surface area contributed by atoms with Gasteiger partial charge in [0.05, 0.1) is 18.7 Å². The highest BCUT2D eigenvalue weighted by molar-refractivity contribution is 5.85. The summed E-state index contributed by atoms with van der Waals surface area (Å²) in [6.07, 6.45) is 0.00875. The maximum absolute atomic E-state index is 11.7. The second-order valence-electron chi connectivity index (χ2n) is 4.95. The fraction of sp³-hybridized carbons (Fsp3) is 0.818. The summed E-state index contributed by atoms with van der Waals surface area (Å²) >= 11 is 0. The number of nitrogens with two attached hydrogens (primary N) is 1. The summed E-state index contributed by atoms with van der Waals surface area (Å²) < 4.78 is 5.52. The third kappa shape index (κ3) is 2.42. The van der Waals surface area contributed by atoms with Gasteiger partial charge in [-0.2, -0.15) is 0 Å². The average molecular weight is 241 g/mol. The maximum atomic E-state index is 11.7. The summed E-state index contributed by atoms with van der Waals surface area (Å²) in [5, 5.41) is 0. The van der Waals surface area contributed by atoms with Crippen LogP contribution in [0.5, 0.6) is 0 Å². The Labute approximate surface area is 101 Å². The summed E-state index contributed by atoms with van der Waals surface area (Å²) in [6.45, 7) is 5.83. The summed E-state index contributed by atoms with van der Waals surface area (Å²) in [5.74, 6) is -0.613. The molecule has 0 saturated carbocycles. The van der Waals surface area contributed by atoms with Crippen molar-refractivity contribution in [2.75, 3.05) is 26.2 Å². The van der Waals surface area contributed by atoms with Crippen molar-refractivity contribution in [2.24, 2.45) is 5.73 Å². The van der Waals surface area contributed by atoms with E-state index in [0.29, 0.717) is 6.04 Å². The van der Waals surface area contributed by atoms with E-state index in [2.05, 4.69) is 18.7 Å². The zero-order valence-electron chi connectivity index (χ0n) is 10.3. The van der Waals surface area contributed by atoms with Gasteiger partial charge in [-0.05, 0) is 13.8 Å². The number of likely N-dealkylation sites (tertiary alicyclic amines) is 1. The fourth-order valence-electron chi connectivity index (χ4n) is 2.49. The van der Waals surface area contributed by atoms with Crippen LogP contribution in [0.15, 0.2) is 0 Å². The van der Waals surface area contributed by atoms with Crippen molar-refractivity contribution >= 4 is 11.8 Å². The number of hydrogen-bond donors (Lipinski definition) is 1. The van der Waals surface area contributed by atoms with Crippen LogP contribution in [0.25, 0.3) is 0 Å². The van der Waals surface area contributed by atoms with Crippen molar-refractivity contribution in [3.8, 4) is 0 Å². The molecular weight excluding hydrogens is 222 g/mol. The predicted octanol–water partition coefficient (Wildman–Crippen LogP) is -1.21. The number of morpholine rings is 1. The van der Waals surface area contributed by atoms with Crippen molar-refractivity contribution < 1.29 is 14.3 Å². The number of amides is 2. The first-order chi connectivity index (χ1) is 7.99. The molecule has 2 rings (SSSR count). The van der Waals surface area contributed by atoms with Crippen molar-refractivity contribution in [3.05, 3.63) is 0 Å². The Hall–Kier alpha value is -1.14. The van der Waals surface area contributed by atoms with Gasteiger partial charge < -0.3 is 15.4 Å². The number of hydrogen-bond acceptors (Lipinski definition) is 4. The van der Waals surface area contributed by atoms with Crippen molar-refractivity contribution in [1.82, 2.24) is 9.80 Å². The number of rotatable bonds is 3. The van der Waals surface area contributed by atoms with E-state index in [1.807, 2.05) is 0 Å². The van der Waals surface area contributed by atoms with Crippen LogP contribution in [-0.4, -0.2) is 66.0 Å². The van der Waals surface area contributed by atoms with Gasteiger partial charge in [0.15, 0.2) is 0 Å². The lowest BCUT2D eigenvalue weighted by atomic mass is 10.1. The highest BCUT2D eigenvalue weighted by Gasteiger charge is 2.43. The number of primary amides is 1. The van der Waals surface area contributed by atoms with Crippen LogP contribution in [0.1, 0.15) is 13.8 Å². The molecule has 0 aliphatic carbocycles. The lowest BCUT2D eigenvalue weighted by molar-refractivity contribution is -0.155. The van der Waals surface area contributed by atoms with Gasteiger partial charge in [-0.1, -0.05) is 0 Å². The van der Waals surface area contributed by atoms with Gasteiger partial charge in [-0.3, -0.25) is 14.5 Å². The van der Waals surface area contributed by atoms with E-state index in [9.17, 15) is 9.59 Å². The molecule has 96 valence electrons. The summed E-state index contributed by atoms with van der Waals surface area (Å²) in [6, 6.07) is 0.376. The largest absolute Gasteiger partial charge is 0.368 e. The van der Waals surface area contributed by atoms with Crippen molar-refractivity contribution in [2.45, 2.75) is 32.0 Å². The summed E-state index contributed by atoms with van der Waals surface area (Å²) in [4.78, 5) is 26.5. The molecule has 2 saturated heterocycles. The number of fused-ring (bicyclic) bond motifs is 1. The molecule has 2 unspecified atom stereocenters. The van der Waals surface area contributed by atoms with E-state index >= 15 is 0 Å². The molecule has 2 atom stereocenters. The highest BCUT2D eigenvalue weighted by atomic mass is 16.5. The van der Waals surface area contributed by atoms with Gasteiger partial charge in [0.1, 0.15) is 6.61 Å². The van der Waals surface area contributed by atoms with E-state index in [-0.39, 0.29) is 31.2 Å². The highest BCUT2D eigenvalue weighted by Crippen LogP contribution is 2.24. The molecule has 0 aromatic heterocycles. The number of nitrogens with zero attached hydrogens (tertiary/aromatic N) is 2. The SMILES string of the molecule is CC(C)N1CC2OCC(=O)N(CC(N)=O)C2C1. The molecule has 2 amide bonds. The first-order valence-electron chi connectivity index (χ1n) is 5.92. The standard InChI is InChI=1S/C11H19N3O3/c1-7(2)13-3-8-9(4-13)17-6-11(16)14(8)5-10(12)15/h7-9H,3-6H2,1-2H3,(H2,12,15). The molecule has 2 N–H and O–H groups in total. The third-order valence-corrected chi connectivity index (χ3v) is 3.46. The Bertz CT molecular complexity index is 332. The Morgan fingerprint density at radius 2 is 2.24 bits per heavy atom. The lowest BCUT2D eigenvalue weighted by Gasteiger charge is -2.35. The normalized spacial score (nSPS) is 29.8. The number of carbonyl (C=O) groups is 2. The minimum absolute atomic E-state index is 0.00467. The summed E-state index contributed by atoms with van der Waals surface area (Å²) in [7, 11) is 0. The van der Waals surface area contributed by atoms with E-state index in [0.717, 1.165) is 13.1 Å². The predicted molar refractivity (Wildman–Crippen MR) is 61.1 cm³/mol. The van der Waals surface area contributed by atoms with Crippen LogP contribution in [0.4, 0.5) is 0 Å². The van der Waals surface area contributed by atoms with E-state index < -0.39 is 5.91 Å². The van der Waals surface area contributed by atoms with Gasteiger partial charge in [0, 0.05) is 19.1 Å². The molecule has 0 bridgehead atoms. The van der Waals surface area contributed by atoms with Crippen LogP contribution in [0, 0.1) is 0 Å². The van der Waals surface area contributed by atoms with Crippen LogP contribution < -0.4 is 5.73 Å². The molecule has 0 spiro atoms. The first-order valence-corrected chi connectivity index (χ1v) is 5.92. The van der Waals surface area contributed by atoms with Crippen molar-refractivity contribution in [1.29, 1.82) is 0 Å². The minimum atomic E-state index is -0.470. The fourth-order valence-corrected chi connectivity index (χ4v) is 2.49. The molecule has 0 aromatic carbocycles. The Balaban J connectivity index is 2.10. The lowest BCUT2D eigenvalue weighted by Crippen LogP contribution is -2.56. The smallest absolute Gasteiger partial charge is 0.249 e. The number of ether oxygens (including phenoxy) is 1. The van der Waals surface area contributed by atoms with Gasteiger partial charge in [0.25, 0.3) is 0 Å². The van der Waals surface area contributed by atoms with Gasteiger partial charge >= 0.3 is 0 Å². The van der Waals surface area contributed by atoms with Gasteiger partial charge in [-0.25, -0.2) is 0 Å². The quantitative estimate of drug-likeness (QED) is 0.673. The van der Waals surface area contributed by atoms with E-state index in [4.69, 9.17) is 10.5 Å². The van der Waals surface area contributed by atoms with Crippen LogP contribution >= 0.6 is 0 Å². The van der Waals surface area contributed by atoms with Crippen LogP contribution in [0.2, 0.25) is 0 Å². The zero-order chi connectivity index (χ0) is 12.6. The topological polar surface area (TPSA) is 75.9 Å². The van der Waals surface area contributed by atoms with Gasteiger partial charge in [0.2, 0.25) is 11.8 Å². The number of carbonyl (C=O) groups excluding carboxylic acids is 2. The zero-order valence-corrected chi connectivity index (χ0v) is 10.3.